The molecule has 0 bridgehead atoms. The fraction of sp³-hybridized carbons (Fsp3) is 0.588. The van der Waals surface area contributed by atoms with Crippen LogP contribution in [-0.2, 0) is 4.74 Å². The molecule has 116 valence electrons. The second kappa shape index (κ2) is 6.83. The molecule has 0 amide bonds. The van der Waals surface area contributed by atoms with Gasteiger partial charge < -0.3 is 15.8 Å². The van der Waals surface area contributed by atoms with Crippen molar-refractivity contribution < 1.29 is 9.53 Å². The van der Waals surface area contributed by atoms with Gasteiger partial charge in [-0.3, -0.25) is 0 Å². The second-order valence-corrected chi connectivity index (χ2v) is 6.25. The van der Waals surface area contributed by atoms with Crippen LogP contribution in [0.15, 0.2) is 18.2 Å². The topological polar surface area (TPSA) is 64.3 Å². The molecule has 0 unspecified atom stereocenters. The molecule has 1 aromatic carbocycles. The minimum absolute atomic E-state index is 0.301. The van der Waals surface area contributed by atoms with Crippen molar-refractivity contribution in [2.24, 2.45) is 5.41 Å². The van der Waals surface area contributed by atoms with Crippen molar-refractivity contribution in [3.05, 3.63) is 23.8 Å². The number of nitrogen functional groups attached to an aromatic ring is 1. The highest BCUT2D eigenvalue weighted by Gasteiger charge is 2.26. The van der Waals surface area contributed by atoms with E-state index in [2.05, 4.69) is 12.2 Å². The van der Waals surface area contributed by atoms with Gasteiger partial charge in [0.15, 0.2) is 0 Å². The Balaban J connectivity index is 2.05. The largest absolute Gasteiger partial charge is 0.462 e. The van der Waals surface area contributed by atoms with Crippen molar-refractivity contribution in [2.75, 3.05) is 24.2 Å². The predicted octanol–water partition coefficient (Wildman–Crippen LogP) is 3.83. The molecule has 3 N–H and O–H groups in total. The number of nitrogens with two attached hydrogens (primary N) is 1. The first-order valence-corrected chi connectivity index (χ1v) is 7.84. The lowest BCUT2D eigenvalue weighted by molar-refractivity contribution is 0.0526. The maximum absolute atomic E-state index is 11.8. The van der Waals surface area contributed by atoms with Crippen molar-refractivity contribution in [1.82, 2.24) is 0 Å². The number of hydrogen-bond acceptors (Lipinski definition) is 4. The molecule has 0 heterocycles. The summed E-state index contributed by atoms with van der Waals surface area (Å²) in [5, 5.41) is 3.43. The number of benzene rings is 1. The summed E-state index contributed by atoms with van der Waals surface area (Å²) < 4.78 is 5.03. The van der Waals surface area contributed by atoms with Crippen LogP contribution >= 0.6 is 0 Å². The van der Waals surface area contributed by atoms with Gasteiger partial charge in [0.2, 0.25) is 0 Å². The van der Waals surface area contributed by atoms with E-state index < -0.39 is 0 Å². The number of ether oxygens (including phenoxy) is 1. The summed E-state index contributed by atoms with van der Waals surface area (Å²) in [5.74, 6) is -0.301. The third kappa shape index (κ3) is 4.13. The van der Waals surface area contributed by atoms with E-state index in [9.17, 15) is 4.79 Å². The maximum atomic E-state index is 11.8. The van der Waals surface area contributed by atoms with Crippen molar-refractivity contribution in [1.29, 1.82) is 0 Å². The third-order valence-corrected chi connectivity index (χ3v) is 4.33. The van der Waals surface area contributed by atoms with Gasteiger partial charge in [-0.05, 0) is 43.4 Å². The Bertz CT molecular complexity index is 494. The molecule has 1 saturated carbocycles. The highest BCUT2D eigenvalue weighted by atomic mass is 16.5. The first-order valence-electron chi connectivity index (χ1n) is 7.84. The van der Waals surface area contributed by atoms with Crippen molar-refractivity contribution in [3.8, 4) is 0 Å². The molecule has 1 aliphatic rings. The van der Waals surface area contributed by atoms with Gasteiger partial charge in [-0.25, -0.2) is 4.79 Å². The van der Waals surface area contributed by atoms with Crippen molar-refractivity contribution in [2.45, 2.75) is 46.0 Å². The summed E-state index contributed by atoms with van der Waals surface area (Å²) in [4.78, 5) is 11.8. The van der Waals surface area contributed by atoms with Gasteiger partial charge in [-0.15, -0.1) is 0 Å². The number of esters is 1. The molecule has 0 saturated heterocycles. The number of hydrogen-bond donors (Lipinski definition) is 2. The van der Waals surface area contributed by atoms with Crippen LogP contribution in [0.5, 0.6) is 0 Å². The molecule has 1 aliphatic carbocycles. The molecular weight excluding hydrogens is 264 g/mol. The van der Waals surface area contributed by atoms with Crippen LogP contribution in [0.25, 0.3) is 0 Å². The fourth-order valence-electron chi connectivity index (χ4n) is 2.94. The smallest absolute Gasteiger partial charge is 0.338 e. The van der Waals surface area contributed by atoms with Crippen LogP contribution < -0.4 is 11.1 Å². The van der Waals surface area contributed by atoms with Crippen LogP contribution in [0.3, 0.4) is 0 Å². The van der Waals surface area contributed by atoms with Crippen LogP contribution in [0, 0.1) is 5.41 Å². The Morgan fingerprint density at radius 2 is 2.05 bits per heavy atom. The second-order valence-electron chi connectivity index (χ2n) is 6.25. The van der Waals surface area contributed by atoms with Gasteiger partial charge in [0.25, 0.3) is 0 Å². The average Bonchev–Trinajstić information content (AvgIpc) is 2.47. The highest BCUT2D eigenvalue weighted by Crippen LogP contribution is 2.36. The van der Waals surface area contributed by atoms with E-state index in [0.29, 0.717) is 23.3 Å². The molecule has 1 aromatic rings. The summed E-state index contributed by atoms with van der Waals surface area (Å²) in [6, 6.07) is 5.26. The van der Waals surface area contributed by atoms with E-state index in [1.165, 1.54) is 32.1 Å². The third-order valence-electron chi connectivity index (χ3n) is 4.33. The monoisotopic (exact) mass is 290 g/mol. The molecule has 21 heavy (non-hydrogen) atoms. The lowest BCUT2D eigenvalue weighted by Crippen LogP contribution is -2.29. The van der Waals surface area contributed by atoms with Crippen LogP contribution in [-0.4, -0.2) is 19.1 Å². The normalized spacial score (nSPS) is 17.2. The molecule has 0 aliphatic heterocycles. The number of rotatable bonds is 5. The first-order chi connectivity index (χ1) is 10.0. The Labute approximate surface area is 127 Å². The average molecular weight is 290 g/mol. The molecule has 0 atom stereocenters. The van der Waals surface area contributed by atoms with Crippen molar-refractivity contribution in [3.63, 3.8) is 0 Å². The summed E-state index contributed by atoms with van der Waals surface area (Å²) >= 11 is 0. The van der Waals surface area contributed by atoms with Crippen LogP contribution in [0.1, 0.15) is 56.3 Å². The zero-order chi connectivity index (χ0) is 15.3. The Morgan fingerprint density at radius 1 is 1.33 bits per heavy atom. The van der Waals surface area contributed by atoms with Gasteiger partial charge in [0.1, 0.15) is 0 Å². The number of carbonyl (C=O) groups is 1. The van der Waals surface area contributed by atoms with Gasteiger partial charge in [0, 0.05) is 6.54 Å². The van der Waals surface area contributed by atoms with Crippen LogP contribution in [0.4, 0.5) is 11.4 Å². The minimum Gasteiger partial charge on any atom is -0.462 e. The van der Waals surface area contributed by atoms with E-state index in [1.807, 2.05) is 0 Å². The van der Waals surface area contributed by atoms with E-state index in [4.69, 9.17) is 10.5 Å². The molecule has 4 heteroatoms. The minimum atomic E-state index is -0.301. The molecule has 1 fully saturated rings. The summed E-state index contributed by atoms with van der Waals surface area (Å²) in [5.41, 5.74) is 8.37. The molecule has 0 spiro atoms. The SMILES string of the molecule is CCOC(=O)c1ccc(N)c(NCC2(C)CCCCC2)c1. The molecule has 0 aromatic heterocycles. The molecule has 0 radical (unpaired) electrons. The summed E-state index contributed by atoms with van der Waals surface area (Å²) in [6.07, 6.45) is 6.44. The first kappa shape index (κ1) is 15.7. The van der Waals surface area contributed by atoms with Gasteiger partial charge >= 0.3 is 5.97 Å². The zero-order valence-corrected chi connectivity index (χ0v) is 13.1. The maximum Gasteiger partial charge on any atom is 0.338 e. The summed E-state index contributed by atoms with van der Waals surface area (Å²) in [6.45, 7) is 5.40. The predicted molar refractivity (Wildman–Crippen MR) is 86.5 cm³/mol. The lowest BCUT2D eigenvalue weighted by Gasteiger charge is -2.34. The highest BCUT2D eigenvalue weighted by molar-refractivity contribution is 5.92. The van der Waals surface area contributed by atoms with Crippen LogP contribution in [0.2, 0.25) is 0 Å². The lowest BCUT2D eigenvalue weighted by atomic mass is 9.75. The van der Waals surface area contributed by atoms with E-state index in [-0.39, 0.29) is 5.97 Å². The molecule has 2 rings (SSSR count). The standard InChI is InChI=1S/C17H26N2O2/c1-3-21-16(20)13-7-8-14(18)15(11-13)19-12-17(2)9-5-4-6-10-17/h7-8,11,19H,3-6,9-10,12,18H2,1-2H3. The van der Waals surface area contributed by atoms with Crippen molar-refractivity contribution >= 4 is 17.3 Å². The van der Waals surface area contributed by atoms with E-state index in [0.717, 1.165) is 12.2 Å². The fourth-order valence-corrected chi connectivity index (χ4v) is 2.94. The Kier molecular flexibility index (Phi) is 5.10. The Hall–Kier alpha value is -1.71. The summed E-state index contributed by atoms with van der Waals surface area (Å²) in [7, 11) is 0. The van der Waals surface area contributed by atoms with Gasteiger partial charge in [-0.1, -0.05) is 26.2 Å². The van der Waals surface area contributed by atoms with E-state index in [1.54, 1.807) is 25.1 Å². The zero-order valence-electron chi connectivity index (χ0n) is 13.1. The van der Waals surface area contributed by atoms with Gasteiger partial charge in [-0.2, -0.15) is 0 Å². The number of carbonyl (C=O) groups excluding carboxylic acids is 1. The number of nitrogens with one attached hydrogen (secondary N) is 1. The quantitative estimate of drug-likeness (QED) is 0.639. The molecular formula is C17H26N2O2. The number of anilines is 2. The van der Waals surface area contributed by atoms with E-state index >= 15 is 0 Å². The molecule has 4 nitrogen and oxygen atoms in total. The Morgan fingerprint density at radius 3 is 2.71 bits per heavy atom. The van der Waals surface area contributed by atoms with Gasteiger partial charge in [0.05, 0.1) is 23.5 Å².